The van der Waals surface area contributed by atoms with Gasteiger partial charge in [-0.1, -0.05) is 50.5 Å². The molecule has 0 amide bonds. The van der Waals surface area contributed by atoms with E-state index in [-0.39, 0.29) is 0 Å². The lowest BCUT2D eigenvalue weighted by atomic mass is 9.79. The summed E-state index contributed by atoms with van der Waals surface area (Å²) in [4.78, 5) is 0. The summed E-state index contributed by atoms with van der Waals surface area (Å²) >= 11 is 0. The number of rotatable bonds is 6. The number of unbranched alkanes of at least 4 members (excludes halogenated alkanes) is 2. The molecule has 0 atom stereocenters. The molecule has 2 rings (SSSR count). The minimum absolute atomic E-state index is 0.739. The van der Waals surface area contributed by atoms with Crippen LogP contribution in [0.2, 0.25) is 0 Å². The molecule has 0 unspecified atom stereocenters. The number of hydrogen-bond donors (Lipinski definition) is 0. The summed E-state index contributed by atoms with van der Waals surface area (Å²) in [5.74, 6) is 8.95. The van der Waals surface area contributed by atoms with E-state index in [0.29, 0.717) is 0 Å². The van der Waals surface area contributed by atoms with Gasteiger partial charge in [0.25, 0.3) is 0 Å². The molecule has 1 saturated carbocycles. The van der Waals surface area contributed by atoms with Gasteiger partial charge in [-0.3, -0.25) is 0 Å². The van der Waals surface area contributed by atoms with Crippen molar-refractivity contribution in [1.82, 2.24) is 0 Å². The van der Waals surface area contributed by atoms with Crippen molar-refractivity contribution in [1.29, 1.82) is 0 Å². The highest BCUT2D eigenvalue weighted by Gasteiger charge is 2.18. The Balaban J connectivity index is 1.71. The summed E-state index contributed by atoms with van der Waals surface area (Å²) in [7, 11) is 1.68. The van der Waals surface area contributed by atoms with Crippen molar-refractivity contribution < 1.29 is 4.74 Å². The second kappa shape index (κ2) is 10.2. The van der Waals surface area contributed by atoms with Gasteiger partial charge in [0, 0.05) is 5.56 Å². The standard InChI is InChI=1S/C22H30O/c1-3-4-5-8-19-11-13-20(14-12-19)9-6-7-10-21-15-17-22(23-2)18-16-21/h6,9,15-20H,3-5,8,11-14H2,1-2H3. The number of allylic oxidation sites excluding steroid dienone is 2. The number of methoxy groups -OCH3 is 1. The Kier molecular flexibility index (Phi) is 7.81. The molecule has 124 valence electrons. The largest absolute Gasteiger partial charge is 0.497 e. The van der Waals surface area contributed by atoms with Crippen LogP contribution in [0.15, 0.2) is 36.4 Å². The van der Waals surface area contributed by atoms with Crippen LogP contribution in [-0.4, -0.2) is 7.11 Å². The van der Waals surface area contributed by atoms with E-state index >= 15 is 0 Å². The van der Waals surface area contributed by atoms with Crippen LogP contribution < -0.4 is 4.74 Å². The molecule has 1 heteroatoms. The molecule has 0 saturated heterocycles. The van der Waals surface area contributed by atoms with E-state index < -0.39 is 0 Å². The van der Waals surface area contributed by atoms with Gasteiger partial charge in [0.2, 0.25) is 0 Å². The Morgan fingerprint density at radius 2 is 1.83 bits per heavy atom. The van der Waals surface area contributed by atoms with Crippen molar-refractivity contribution in [3.05, 3.63) is 42.0 Å². The predicted octanol–water partition coefficient (Wildman–Crippen LogP) is 5.99. The van der Waals surface area contributed by atoms with E-state index in [0.717, 1.165) is 23.1 Å². The molecule has 1 fully saturated rings. The lowest BCUT2D eigenvalue weighted by molar-refractivity contribution is 0.289. The average molecular weight is 310 g/mol. The third kappa shape index (κ3) is 6.53. The van der Waals surface area contributed by atoms with Crippen LogP contribution in [0.1, 0.15) is 63.9 Å². The summed E-state index contributed by atoms with van der Waals surface area (Å²) in [6.45, 7) is 2.29. The lowest BCUT2D eigenvalue weighted by Crippen LogP contribution is -2.12. The highest BCUT2D eigenvalue weighted by molar-refractivity contribution is 5.40. The molecule has 0 bridgehead atoms. The molecule has 1 aromatic rings. The van der Waals surface area contributed by atoms with Gasteiger partial charge in [0.05, 0.1) is 7.11 Å². The average Bonchev–Trinajstić information content (AvgIpc) is 2.61. The molecule has 0 heterocycles. The predicted molar refractivity (Wildman–Crippen MR) is 98.6 cm³/mol. The van der Waals surface area contributed by atoms with Crippen LogP contribution in [0.25, 0.3) is 0 Å². The fourth-order valence-corrected chi connectivity index (χ4v) is 3.34. The van der Waals surface area contributed by atoms with Gasteiger partial charge in [-0.2, -0.15) is 0 Å². The molecule has 0 aliphatic heterocycles. The third-order valence-electron chi connectivity index (χ3n) is 4.87. The topological polar surface area (TPSA) is 9.23 Å². The first kappa shape index (κ1) is 17.7. The van der Waals surface area contributed by atoms with E-state index in [9.17, 15) is 0 Å². The smallest absolute Gasteiger partial charge is 0.118 e. The minimum atomic E-state index is 0.739. The summed E-state index contributed by atoms with van der Waals surface area (Å²) < 4.78 is 5.15. The fraction of sp³-hybridized carbons (Fsp3) is 0.545. The van der Waals surface area contributed by atoms with Gasteiger partial charge in [-0.15, -0.1) is 0 Å². The normalized spacial score (nSPS) is 21.0. The van der Waals surface area contributed by atoms with E-state index in [2.05, 4.69) is 24.8 Å². The molecule has 1 aliphatic rings. The number of benzene rings is 1. The zero-order chi connectivity index (χ0) is 16.3. The zero-order valence-corrected chi connectivity index (χ0v) is 14.7. The van der Waals surface area contributed by atoms with Crippen molar-refractivity contribution >= 4 is 0 Å². The van der Waals surface area contributed by atoms with Gasteiger partial charge in [-0.25, -0.2) is 0 Å². The summed E-state index contributed by atoms with van der Waals surface area (Å²) in [5, 5.41) is 0. The first-order valence-corrected chi connectivity index (χ1v) is 9.14. The van der Waals surface area contributed by atoms with Crippen LogP contribution in [0.5, 0.6) is 5.75 Å². The maximum atomic E-state index is 5.15. The maximum absolute atomic E-state index is 5.15. The Morgan fingerprint density at radius 3 is 2.48 bits per heavy atom. The van der Waals surface area contributed by atoms with E-state index in [1.54, 1.807) is 7.11 Å². The van der Waals surface area contributed by atoms with Crippen LogP contribution in [0, 0.1) is 23.7 Å². The monoisotopic (exact) mass is 310 g/mol. The van der Waals surface area contributed by atoms with Gasteiger partial charge >= 0.3 is 0 Å². The SMILES string of the molecule is CCCCCC1CCC(C=CC#Cc2ccc(OC)cc2)CC1. The van der Waals surface area contributed by atoms with Gasteiger partial charge in [0.15, 0.2) is 0 Å². The second-order valence-corrected chi connectivity index (χ2v) is 6.63. The summed E-state index contributed by atoms with van der Waals surface area (Å²) in [6, 6.07) is 7.91. The Hall–Kier alpha value is -1.68. The summed E-state index contributed by atoms with van der Waals surface area (Å²) in [6.07, 6.45) is 15.5. The Bertz CT molecular complexity index is 521. The van der Waals surface area contributed by atoms with Crippen LogP contribution in [0.4, 0.5) is 0 Å². The summed E-state index contributed by atoms with van der Waals surface area (Å²) in [5.41, 5.74) is 1.04. The Labute approximate surface area is 142 Å². The molecule has 0 N–H and O–H groups in total. The van der Waals surface area contributed by atoms with Gasteiger partial charge < -0.3 is 4.74 Å². The Morgan fingerprint density at radius 1 is 1.09 bits per heavy atom. The molecular weight excluding hydrogens is 280 g/mol. The third-order valence-corrected chi connectivity index (χ3v) is 4.87. The number of ether oxygens (including phenoxy) is 1. The maximum Gasteiger partial charge on any atom is 0.118 e. The fourth-order valence-electron chi connectivity index (χ4n) is 3.34. The molecule has 1 aromatic carbocycles. The van der Waals surface area contributed by atoms with Crippen molar-refractivity contribution in [3.63, 3.8) is 0 Å². The quantitative estimate of drug-likeness (QED) is 0.463. The molecule has 1 aliphatic carbocycles. The first-order chi connectivity index (χ1) is 11.3. The van der Waals surface area contributed by atoms with E-state index in [1.807, 2.05) is 30.3 Å². The van der Waals surface area contributed by atoms with Crippen molar-refractivity contribution in [3.8, 4) is 17.6 Å². The highest BCUT2D eigenvalue weighted by atomic mass is 16.5. The molecule has 1 nitrogen and oxygen atoms in total. The molecule has 0 radical (unpaired) electrons. The van der Waals surface area contributed by atoms with Crippen molar-refractivity contribution in [2.75, 3.05) is 7.11 Å². The van der Waals surface area contributed by atoms with E-state index in [1.165, 1.54) is 51.4 Å². The van der Waals surface area contributed by atoms with Gasteiger partial charge in [-0.05, 0) is 67.9 Å². The molecule has 0 spiro atoms. The van der Waals surface area contributed by atoms with Crippen LogP contribution >= 0.6 is 0 Å². The molecular formula is C22H30O. The lowest BCUT2D eigenvalue weighted by Gasteiger charge is -2.26. The first-order valence-electron chi connectivity index (χ1n) is 9.14. The number of hydrogen-bond acceptors (Lipinski definition) is 1. The van der Waals surface area contributed by atoms with Gasteiger partial charge in [0.1, 0.15) is 5.75 Å². The van der Waals surface area contributed by atoms with Crippen molar-refractivity contribution in [2.24, 2.45) is 11.8 Å². The molecule has 23 heavy (non-hydrogen) atoms. The zero-order valence-electron chi connectivity index (χ0n) is 14.7. The van der Waals surface area contributed by atoms with Crippen LogP contribution in [0.3, 0.4) is 0 Å². The van der Waals surface area contributed by atoms with Crippen LogP contribution in [-0.2, 0) is 0 Å². The van der Waals surface area contributed by atoms with E-state index in [4.69, 9.17) is 4.74 Å². The highest BCUT2D eigenvalue weighted by Crippen LogP contribution is 2.32. The second-order valence-electron chi connectivity index (χ2n) is 6.63. The molecule has 0 aromatic heterocycles. The van der Waals surface area contributed by atoms with Crippen molar-refractivity contribution in [2.45, 2.75) is 58.3 Å². The minimum Gasteiger partial charge on any atom is -0.497 e.